The van der Waals surface area contributed by atoms with Crippen LogP contribution in [0.3, 0.4) is 0 Å². The minimum absolute atomic E-state index is 0. The molecule has 1 aliphatic heterocycles. The van der Waals surface area contributed by atoms with Gasteiger partial charge in [0, 0.05) is 123 Å². The van der Waals surface area contributed by atoms with Gasteiger partial charge in [0.2, 0.25) is 0 Å². The average molecular weight is 1950 g/mol. The summed E-state index contributed by atoms with van der Waals surface area (Å²) in [5, 5.41) is 31.0. The van der Waals surface area contributed by atoms with Gasteiger partial charge < -0.3 is 30.3 Å². The number of allylic oxidation sites excluding steroid dienone is 8. The number of carbonyl (C=O) groups is 3. The monoisotopic (exact) mass is 1950 g/mol. The molecule has 0 fully saturated rings. The van der Waals surface area contributed by atoms with Gasteiger partial charge in [0.1, 0.15) is 0 Å². The van der Waals surface area contributed by atoms with Crippen molar-refractivity contribution >= 4 is 61.7 Å². The van der Waals surface area contributed by atoms with E-state index in [1.54, 1.807) is 0 Å². The Kier molecular flexibility index (Phi) is 36.7. The molecule has 11 nitrogen and oxygen atoms in total. The number of fused-ring (bicyclic) bond motifs is 4. The number of aromatic nitrogens is 3. The summed E-state index contributed by atoms with van der Waals surface area (Å²) in [6.45, 7) is 15.2. The summed E-state index contributed by atoms with van der Waals surface area (Å²) < 4.78 is 0. The van der Waals surface area contributed by atoms with Crippen molar-refractivity contribution in [1.82, 2.24) is 15.0 Å². The Bertz CT molecular complexity index is 4090. The first kappa shape index (κ1) is 80.9. The number of pyridine rings is 3. The standard InChI is InChI=1S/C19H18N.2C15H10N.C14H11N2.3C5H8O2.4Ir/c1-19(2,3)16-10-8-15(9-11-16)18-17-7-5-4-6-14(17)12-13-20-18;1-2-7-13(8-3-1)15-14-9-5-4-6-12(14)10-11-16-15;1-2-6-12(7-3-1)15-11-10-13-8-4-5-9-14(13)16-15;1-2-6-11(7-3-1)14-10-15-12-8-4-5-9-13(12)16-14;3*1-4(6)3-5(2)7;;;;/h4-8,10-13H,1-3H3;1-7,9-11H;1-6,8-11H;1-6,8-10,12-13H;3*3,6H,1-2H3;;;;/q4*-1;;;;;;;. The van der Waals surface area contributed by atoms with Crippen LogP contribution in [0.25, 0.3) is 66.2 Å². The van der Waals surface area contributed by atoms with Gasteiger partial charge in [0.15, 0.2) is 17.3 Å². The van der Waals surface area contributed by atoms with Crippen LogP contribution in [-0.2, 0) is 100 Å². The average Bonchev–Trinajstić information content (AvgIpc) is 0.856. The molecule has 0 saturated carbocycles. The maximum atomic E-state index is 10.0. The van der Waals surface area contributed by atoms with Crippen LogP contribution >= 0.6 is 0 Å². The zero-order chi connectivity index (χ0) is 64.1. The van der Waals surface area contributed by atoms with Crippen LogP contribution < -0.4 is 0 Å². The fourth-order valence-electron chi connectivity index (χ4n) is 8.78. The van der Waals surface area contributed by atoms with Crippen molar-refractivity contribution in [1.29, 1.82) is 0 Å². The zero-order valence-electron chi connectivity index (χ0n) is 53.0. The predicted molar refractivity (Wildman–Crippen MR) is 364 cm³/mol. The molecule has 3 aromatic heterocycles. The molecule has 0 spiro atoms. The molecule has 0 amide bonds. The first-order chi connectivity index (χ1) is 42.7. The van der Waals surface area contributed by atoms with E-state index >= 15 is 0 Å². The maximum absolute atomic E-state index is 10.0. The molecule has 2 atom stereocenters. The SMILES string of the molecule is CC(=O)C=C(C)O.CC(=O)C=C(C)O.CC(=O)C=C(C)O.CC(C)(C)c1c[c-]c(-c2nccc3ccccc23)cc1.[Ir].[Ir].[Ir].[Ir].[c-]1ccccc1-c1ccc2ccccc2n1.[c-]1ccccc1-c1nccc2ccccc12.[c-]1ccccc1C1=NC2C=CC=CC2N=C1. The Hall–Kier alpha value is -8.18. The van der Waals surface area contributed by atoms with E-state index in [9.17, 15) is 14.4 Å². The summed E-state index contributed by atoms with van der Waals surface area (Å²) in [6.07, 6.45) is 17.3. The van der Waals surface area contributed by atoms with Gasteiger partial charge in [0.05, 0.1) is 34.9 Å². The van der Waals surface area contributed by atoms with E-state index in [2.05, 4.69) is 149 Å². The van der Waals surface area contributed by atoms with Crippen LogP contribution in [0.15, 0.2) is 270 Å². The van der Waals surface area contributed by atoms with Gasteiger partial charge in [-0.2, -0.15) is 0 Å². The van der Waals surface area contributed by atoms with Crippen LogP contribution in [0.4, 0.5) is 0 Å². The molecule has 4 heterocycles. The molecule has 12 rings (SSSR count). The first-order valence-corrected chi connectivity index (χ1v) is 28.8. The molecular formula is C78H73Ir4N5O6-4. The second kappa shape index (κ2) is 42.1. The second-order valence-electron chi connectivity index (χ2n) is 21.5. The van der Waals surface area contributed by atoms with E-state index < -0.39 is 0 Å². The summed E-state index contributed by atoms with van der Waals surface area (Å²) in [6, 6.07) is 76.3. The number of para-hydroxylation sites is 1. The van der Waals surface area contributed by atoms with Gasteiger partial charge in [-0.1, -0.05) is 124 Å². The molecule has 7 aromatic carbocycles. The molecular weight excluding hydrogens is 1870 g/mol. The molecule has 0 bridgehead atoms. The summed E-state index contributed by atoms with van der Waals surface area (Å²) in [5.74, 6) is -0.187. The number of hydrogen-bond acceptors (Lipinski definition) is 11. The number of aliphatic hydroxyl groups excluding tert-OH is 3. The minimum Gasteiger partial charge on any atom is -0.512 e. The van der Waals surface area contributed by atoms with Crippen molar-refractivity contribution in [3.8, 4) is 33.8 Å². The number of carbonyl (C=O) groups excluding carboxylic acids is 3. The van der Waals surface area contributed by atoms with E-state index in [0.29, 0.717) is 0 Å². The molecule has 2 unspecified atom stereocenters. The number of aliphatic hydroxyl groups is 3. The summed E-state index contributed by atoms with van der Waals surface area (Å²) >= 11 is 0. The number of ketones is 3. The molecule has 3 N–H and O–H groups in total. The molecule has 486 valence electrons. The summed E-state index contributed by atoms with van der Waals surface area (Å²) in [7, 11) is 0. The van der Waals surface area contributed by atoms with Gasteiger partial charge in [-0.3, -0.25) is 24.4 Å². The maximum Gasteiger partial charge on any atom is 0.155 e. The molecule has 93 heavy (non-hydrogen) atoms. The van der Waals surface area contributed by atoms with Crippen molar-refractivity contribution in [3.63, 3.8) is 0 Å². The smallest absolute Gasteiger partial charge is 0.155 e. The van der Waals surface area contributed by atoms with E-state index in [1.807, 2.05) is 152 Å². The van der Waals surface area contributed by atoms with E-state index in [0.717, 1.165) is 50.6 Å². The predicted octanol–water partition coefficient (Wildman–Crippen LogP) is 17.7. The Labute approximate surface area is 600 Å². The normalized spacial score (nSPS) is 13.3. The van der Waals surface area contributed by atoms with Gasteiger partial charge in [-0.15, -0.1) is 143 Å². The van der Waals surface area contributed by atoms with Gasteiger partial charge in [-0.05, 0) is 109 Å². The number of rotatable bonds is 7. The number of hydrogen-bond donors (Lipinski definition) is 3. The van der Waals surface area contributed by atoms with Crippen LogP contribution in [0.1, 0.15) is 73.4 Å². The quantitative estimate of drug-likeness (QED) is 0.0797. The van der Waals surface area contributed by atoms with Crippen LogP contribution in [0.2, 0.25) is 0 Å². The van der Waals surface area contributed by atoms with Crippen LogP contribution in [-0.4, -0.2) is 71.6 Å². The van der Waals surface area contributed by atoms with Gasteiger partial charge >= 0.3 is 0 Å². The molecule has 4 radical (unpaired) electrons. The van der Waals surface area contributed by atoms with E-state index in [-0.39, 0.29) is 133 Å². The second-order valence-corrected chi connectivity index (χ2v) is 21.5. The van der Waals surface area contributed by atoms with Crippen molar-refractivity contribution in [2.75, 3.05) is 0 Å². The zero-order valence-corrected chi connectivity index (χ0v) is 62.5. The van der Waals surface area contributed by atoms with Crippen molar-refractivity contribution in [2.24, 2.45) is 9.98 Å². The van der Waals surface area contributed by atoms with Crippen molar-refractivity contribution in [3.05, 3.63) is 296 Å². The third-order valence-electron chi connectivity index (χ3n) is 12.8. The third-order valence-corrected chi connectivity index (χ3v) is 12.8. The van der Waals surface area contributed by atoms with Crippen LogP contribution in [0.5, 0.6) is 0 Å². The topological polar surface area (TPSA) is 175 Å². The minimum atomic E-state index is -0.125. The van der Waals surface area contributed by atoms with E-state index in [4.69, 9.17) is 15.3 Å². The molecule has 10 aromatic rings. The Morgan fingerprint density at radius 3 is 1.31 bits per heavy atom. The Morgan fingerprint density at radius 1 is 0.452 bits per heavy atom. The Balaban J connectivity index is 0.000000380. The summed E-state index contributed by atoms with van der Waals surface area (Å²) in [4.78, 5) is 52.8. The number of nitrogens with zero attached hydrogens (tertiary/aromatic N) is 5. The number of benzene rings is 7. The Morgan fingerprint density at radius 2 is 0.882 bits per heavy atom. The first-order valence-electron chi connectivity index (χ1n) is 28.8. The summed E-state index contributed by atoms with van der Waals surface area (Å²) in [5.41, 5.74) is 10.5. The van der Waals surface area contributed by atoms with Gasteiger partial charge in [-0.25, -0.2) is 0 Å². The third kappa shape index (κ3) is 27.9. The van der Waals surface area contributed by atoms with Crippen molar-refractivity contribution < 1.29 is 110 Å². The van der Waals surface area contributed by atoms with Crippen LogP contribution in [0, 0.1) is 24.3 Å². The number of aliphatic imine (C=N–C) groups is 2. The molecule has 2 aliphatic rings. The molecule has 0 saturated heterocycles. The molecule has 15 heteroatoms. The van der Waals surface area contributed by atoms with Gasteiger partial charge in [0.25, 0.3) is 0 Å². The fourth-order valence-corrected chi connectivity index (χ4v) is 8.78. The molecule has 1 aliphatic carbocycles. The fraction of sp³-hybridized carbons (Fsp3) is 0.154. The largest absolute Gasteiger partial charge is 0.512 e. The van der Waals surface area contributed by atoms with E-state index in [1.165, 1.54) is 92.3 Å². The van der Waals surface area contributed by atoms with Crippen molar-refractivity contribution in [2.45, 2.75) is 79.8 Å².